The minimum absolute atomic E-state index is 0.0275. The van der Waals surface area contributed by atoms with Crippen LogP contribution in [0.3, 0.4) is 0 Å². The summed E-state index contributed by atoms with van der Waals surface area (Å²) in [4.78, 5) is 20.5. The molecule has 0 radical (unpaired) electrons. The van der Waals surface area contributed by atoms with Crippen LogP contribution in [0.15, 0.2) is 12.4 Å². The minimum atomic E-state index is -0.950. The Morgan fingerprint density at radius 3 is 2.76 bits per heavy atom. The maximum Gasteiger partial charge on any atom is 0.339 e. The number of fused-ring (bicyclic) bond motifs is 2. The first-order valence-corrected chi connectivity index (χ1v) is 7.23. The second-order valence-electron chi connectivity index (χ2n) is 6.45. The summed E-state index contributed by atoms with van der Waals surface area (Å²) >= 11 is 0. The average Bonchev–Trinajstić information content (AvgIpc) is 3.08. The summed E-state index contributed by atoms with van der Waals surface area (Å²) in [6, 6.07) is 0. The highest BCUT2D eigenvalue weighted by molar-refractivity contribution is 5.89. The normalized spacial score (nSPS) is 27.3. The van der Waals surface area contributed by atoms with Crippen LogP contribution in [-0.4, -0.2) is 38.2 Å². The molecule has 2 aliphatic heterocycles. The predicted octanol–water partition coefficient (Wildman–Crippen LogP) is 1.98. The molecule has 1 saturated carbocycles. The maximum absolute atomic E-state index is 11.4. The van der Waals surface area contributed by atoms with Crippen LogP contribution in [0.1, 0.15) is 54.4 Å². The molecule has 6 heteroatoms. The van der Waals surface area contributed by atoms with Crippen molar-refractivity contribution in [3.8, 4) is 0 Å². The van der Waals surface area contributed by atoms with E-state index in [1.165, 1.54) is 0 Å². The van der Waals surface area contributed by atoms with Gasteiger partial charge in [0.2, 0.25) is 5.78 Å². The van der Waals surface area contributed by atoms with E-state index in [1.807, 2.05) is 20.0 Å². The lowest BCUT2D eigenvalue weighted by molar-refractivity contribution is 0.0694. The molecule has 2 bridgehead atoms. The number of carboxylic acids is 1. The monoisotopic (exact) mass is 287 g/mol. The second kappa shape index (κ2) is 4.04. The lowest BCUT2D eigenvalue weighted by atomic mass is 9.68. The zero-order chi connectivity index (χ0) is 14.8. The zero-order valence-electron chi connectivity index (χ0n) is 12.0. The molecule has 6 nitrogen and oxygen atoms in total. The number of imidazole rings is 1. The van der Waals surface area contributed by atoms with Gasteiger partial charge in [0, 0.05) is 17.8 Å². The van der Waals surface area contributed by atoms with Crippen LogP contribution in [-0.2, 0) is 10.2 Å². The fourth-order valence-electron chi connectivity index (χ4n) is 3.40. The van der Waals surface area contributed by atoms with Gasteiger partial charge in [0.05, 0.1) is 29.7 Å². The molecule has 5 rings (SSSR count). The molecule has 1 aliphatic carbocycles. The molecule has 3 fully saturated rings. The minimum Gasteiger partial charge on any atom is -0.478 e. The molecule has 0 aromatic carbocycles. The third kappa shape index (κ3) is 1.72. The summed E-state index contributed by atoms with van der Waals surface area (Å²) in [5.74, 6) is -0.333. The van der Waals surface area contributed by atoms with Crippen molar-refractivity contribution in [3.05, 3.63) is 29.3 Å². The molecule has 2 aromatic rings. The van der Waals surface area contributed by atoms with Gasteiger partial charge < -0.3 is 9.84 Å². The van der Waals surface area contributed by atoms with Gasteiger partial charge in [-0.05, 0) is 18.8 Å². The molecule has 0 amide bonds. The van der Waals surface area contributed by atoms with Gasteiger partial charge in [0.25, 0.3) is 0 Å². The quantitative estimate of drug-likeness (QED) is 0.934. The first kappa shape index (κ1) is 12.8. The van der Waals surface area contributed by atoms with E-state index in [0.717, 1.165) is 18.5 Å². The number of hydrogen-bond donors (Lipinski definition) is 1. The first-order valence-electron chi connectivity index (χ1n) is 7.23. The number of carboxylic acid groups (broad SMARTS) is 1. The largest absolute Gasteiger partial charge is 0.478 e. The third-order valence-electron chi connectivity index (χ3n) is 4.63. The van der Waals surface area contributed by atoms with Gasteiger partial charge in [0.1, 0.15) is 0 Å². The number of rotatable bonds is 3. The number of nitrogens with zero attached hydrogens (tertiary/aromatic N) is 3. The molecule has 3 aliphatic rings. The SMILES string of the molecule is CC(C)c1nc2nc(C34COC(C3)C4)cn2cc1C(=O)O. The Bertz CT molecular complexity index is 738. The lowest BCUT2D eigenvalue weighted by Crippen LogP contribution is -2.37. The Hall–Kier alpha value is -1.95. The molecule has 0 spiro atoms. The number of hydrogen-bond acceptors (Lipinski definition) is 4. The van der Waals surface area contributed by atoms with Gasteiger partial charge in [-0.25, -0.2) is 14.8 Å². The van der Waals surface area contributed by atoms with E-state index in [2.05, 4.69) is 9.97 Å². The van der Waals surface area contributed by atoms with Gasteiger partial charge in [-0.15, -0.1) is 0 Å². The Morgan fingerprint density at radius 1 is 1.43 bits per heavy atom. The molecule has 2 aromatic heterocycles. The number of aromatic carboxylic acids is 1. The summed E-state index contributed by atoms with van der Waals surface area (Å²) in [6.07, 6.45) is 5.94. The van der Waals surface area contributed by atoms with Crippen LogP contribution in [0.25, 0.3) is 5.78 Å². The van der Waals surface area contributed by atoms with E-state index < -0.39 is 5.97 Å². The Labute approximate surface area is 121 Å². The fraction of sp³-hybridized carbons (Fsp3) is 0.533. The topological polar surface area (TPSA) is 76.7 Å². The molecular formula is C15H17N3O3. The van der Waals surface area contributed by atoms with Crippen LogP contribution < -0.4 is 0 Å². The van der Waals surface area contributed by atoms with E-state index in [9.17, 15) is 9.90 Å². The molecule has 1 N–H and O–H groups in total. The van der Waals surface area contributed by atoms with Crippen molar-refractivity contribution in [3.63, 3.8) is 0 Å². The molecule has 0 unspecified atom stereocenters. The number of carbonyl (C=O) groups is 1. The summed E-state index contributed by atoms with van der Waals surface area (Å²) < 4.78 is 7.37. The van der Waals surface area contributed by atoms with Gasteiger partial charge in [-0.3, -0.25) is 4.40 Å². The van der Waals surface area contributed by atoms with E-state index in [-0.39, 0.29) is 16.9 Å². The van der Waals surface area contributed by atoms with Gasteiger partial charge in [0.15, 0.2) is 0 Å². The molecule has 110 valence electrons. The second-order valence-corrected chi connectivity index (χ2v) is 6.45. The van der Waals surface area contributed by atoms with E-state index in [0.29, 0.717) is 24.2 Å². The fourth-order valence-corrected chi connectivity index (χ4v) is 3.40. The van der Waals surface area contributed by atoms with Crippen molar-refractivity contribution < 1.29 is 14.6 Å². The van der Waals surface area contributed by atoms with Gasteiger partial charge in [-0.2, -0.15) is 0 Å². The third-order valence-corrected chi connectivity index (χ3v) is 4.63. The van der Waals surface area contributed by atoms with Crippen molar-refractivity contribution in [1.29, 1.82) is 0 Å². The van der Waals surface area contributed by atoms with Crippen LogP contribution in [0.4, 0.5) is 0 Å². The zero-order valence-corrected chi connectivity index (χ0v) is 12.0. The summed E-state index contributed by atoms with van der Waals surface area (Å²) in [7, 11) is 0. The summed E-state index contributed by atoms with van der Waals surface area (Å²) in [6.45, 7) is 4.59. The van der Waals surface area contributed by atoms with E-state index in [4.69, 9.17) is 4.74 Å². The van der Waals surface area contributed by atoms with Crippen LogP contribution in [0, 0.1) is 0 Å². The molecule has 4 heterocycles. The van der Waals surface area contributed by atoms with Gasteiger partial charge in [-0.1, -0.05) is 13.8 Å². The molecular weight excluding hydrogens is 270 g/mol. The maximum atomic E-state index is 11.4. The Morgan fingerprint density at radius 2 is 2.19 bits per heavy atom. The number of ether oxygens (including phenoxy) is 1. The van der Waals surface area contributed by atoms with Crippen molar-refractivity contribution in [2.45, 2.75) is 44.1 Å². The highest BCUT2D eigenvalue weighted by atomic mass is 16.5. The molecule has 2 saturated heterocycles. The van der Waals surface area contributed by atoms with E-state index in [1.54, 1.807) is 10.6 Å². The Balaban J connectivity index is 1.86. The highest BCUT2D eigenvalue weighted by Crippen LogP contribution is 2.51. The van der Waals surface area contributed by atoms with Crippen molar-refractivity contribution >= 4 is 11.7 Å². The summed E-state index contributed by atoms with van der Waals surface area (Å²) in [5, 5.41) is 9.36. The van der Waals surface area contributed by atoms with Crippen molar-refractivity contribution in [2.75, 3.05) is 6.61 Å². The standard InChI is InChI=1S/C15H17N3O3/c1-8(2)12-10(13(19)20)5-18-6-11(16-14(18)17-12)15-3-9(4-15)21-7-15/h5-6,8-9H,3-4,7H2,1-2H3,(H,19,20). The van der Waals surface area contributed by atoms with Crippen molar-refractivity contribution in [2.24, 2.45) is 0 Å². The first-order chi connectivity index (χ1) is 9.98. The van der Waals surface area contributed by atoms with Crippen LogP contribution in [0.2, 0.25) is 0 Å². The van der Waals surface area contributed by atoms with Crippen LogP contribution >= 0.6 is 0 Å². The molecule has 0 atom stereocenters. The average molecular weight is 287 g/mol. The predicted molar refractivity (Wildman–Crippen MR) is 74.7 cm³/mol. The smallest absolute Gasteiger partial charge is 0.339 e. The van der Waals surface area contributed by atoms with Crippen molar-refractivity contribution in [1.82, 2.24) is 14.4 Å². The lowest BCUT2D eigenvalue weighted by Gasteiger charge is -2.33. The summed E-state index contributed by atoms with van der Waals surface area (Å²) in [5.41, 5.74) is 1.83. The number of aromatic nitrogens is 3. The van der Waals surface area contributed by atoms with E-state index >= 15 is 0 Å². The Kier molecular flexibility index (Phi) is 2.45. The van der Waals surface area contributed by atoms with Gasteiger partial charge >= 0.3 is 5.97 Å². The van der Waals surface area contributed by atoms with Crippen LogP contribution in [0.5, 0.6) is 0 Å². The highest BCUT2D eigenvalue weighted by Gasteiger charge is 2.54. The molecule has 21 heavy (non-hydrogen) atoms.